The Morgan fingerprint density at radius 2 is 1.77 bits per heavy atom. The summed E-state index contributed by atoms with van der Waals surface area (Å²) >= 11 is 0. The number of benzene rings is 2. The van der Waals surface area contributed by atoms with Crippen LogP contribution in [-0.2, 0) is 24.1 Å². The van der Waals surface area contributed by atoms with Crippen LogP contribution in [0.1, 0.15) is 42.3 Å². The van der Waals surface area contributed by atoms with Crippen LogP contribution >= 0.6 is 0 Å². The number of furan rings is 1. The first-order chi connectivity index (χ1) is 17.0. The summed E-state index contributed by atoms with van der Waals surface area (Å²) < 4.78 is 27.2. The van der Waals surface area contributed by atoms with Gasteiger partial charge in [-0.2, -0.15) is 0 Å². The van der Waals surface area contributed by atoms with E-state index in [9.17, 15) is 9.18 Å². The number of nitrogens with zero attached hydrogens (tertiary/aromatic N) is 3. The zero-order chi connectivity index (χ0) is 24.4. The maximum absolute atomic E-state index is 13.9. The number of fused-ring (bicyclic) bond motifs is 1. The van der Waals surface area contributed by atoms with Gasteiger partial charge >= 0.3 is 5.97 Å². The minimum Gasteiger partial charge on any atom is -0.466 e. The van der Waals surface area contributed by atoms with Crippen molar-refractivity contribution >= 4 is 11.6 Å². The minimum atomic E-state index is -0.452. The molecule has 0 saturated heterocycles. The van der Waals surface area contributed by atoms with Crippen molar-refractivity contribution < 1.29 is 18.3 Å². The molecular weight excluding hydrogens is 445 g/mol. The van der Waals surface area contributed by atoms with Gasteiger partial charge in [0.05, 0.1) is 17.8 Å². The van der Waals surface area contributed by atoms with E-state index in [2.05, 4.69) is 0 Å². The van der Waals surface area contributed by atoms with Crippen LogP contribution in [0.4, 0.5) is 4.39 Å². The van der Waals surface area contributed by atoms with Gasteiger partial charge in [-0.05, 0) is 29.8 Å². The number of rotatable bonds is 7. The lowest BCUT2D eigenvalue weighted by atomic mass is 10.1. The predicted molar refractivity (Wildman–Crippen MR) is 130 cm³/mol. The van der Waals surface area contributed by atoms with Crippen molar-refractivity contribution in [3.05, 3.63) is 107 Å². The van der Waals surface area contributed by atoms with Crippen LogP contribution < -0.4 is 4.74 Å². The highest BCUT2D eigenvalue weighted by molar-refractivity contribution is 5.70. The first-order valence-electron chi connectivity index (χ1n) is 11.5. The van der Waals surface area contributed by atoms with Crippen molar-refractivity contribution in [2.45, 2.75) is 33.1 Å². The first kappa shape index (κ1) is 22.5. The van der Waals surface area contributed by atoms with Gasteiger partial charge in [0, 0.05) is 31.5 Å². The van der Waals surface area contributed by atoms with Crippen molar-refractivity contribution in [2.75, 3.05) is 0 Å². The van der Waals surface area contributed by atoms with E-state index in [1.54, 1.807) is 10.5 Å². The highest BCUT2D eigenvalue weighted by Crippen LogP contribution is 2.29. The van der Waals surface area contributed by atoms with Gasteiger partial charge in [-0.15, -0.1) is 0 Å². The fourth-order valence-corrected chi connectivity index (χ4v) is 4.07. The number of carbonyl (C=O) groups is 1. The van der Waals surface area contributed by atoms with E-state index in [0.29, 0.717) is 41.5 Å². The zero-order valence-corrected chi connectivity index (χ0v) is 19.5. The molecule has 3 heterocycles. The van der Waals surface area contributed by atoms with Gasteiger partial charge in [0.15, 0.2) is 5.65 Å². The third-order valence-electron chi connectivity index (χ3n) is 5.68. The maximum atomic E-state index is 13.9. The number of hydrogen-bond donors (Lipinski definition) is 0. The fraction of sp³-hybridized carbons (Fsp3) is 0.179. The van der Waals surface area contributed by atoms with Gasteiger partial charge in [-0.3, -0.25) is 9.20 Å². The van der Waals surface area contributed by atoms with E-state index >= 15 is 0 Å². The van der Waals surface area contributed by atoms with Gasteiger partial charge in [0.1, 0.15) is 23.0 Å². The molecule has 0 saturated carbocycles. The average molecular weight is 470 g/mol. The zero-order valence-electron chi connectivity index (χ0n) is 19.5. The number of imidazole rings is 1. The summed E-state index contributed by atoms with van der Waals surface area (Å²) in [5.74, 6) is 1.15. The molecule has 0 aliphatic carbocycles. The predicted octanol–water partition coefficient (Wildman–Crippen LogP) is 5.80. The molecule has 2 aromatic carbocycles. The van der Waals surface area contributed by atoms with E-state index in [1.165, 1.54) is 19.1 Å². The Labute approximate surface area is 202 Å². The quantitative estimate of drug-likeness (QED) is 0.282. The summed E-state index contributed by atoms with van der Waals surface area (Å²) in [6.45, 7) is 3.38. The third-order valence-corrected chi connectivity index (χ3v) is 5.68. The lowest BCUT2D eigenvalue weighted by Crippen LogP contribution is -2.07. The van der Waals surface area contributed by atoms with E-state index < -0.39 is 5.97 Å². The lowest BCUT2D eigenvalue weighted by Gasteiger charge is -2.10. The summed E-state index contributed by atoms with van der Waals surface area (Å²) in [5.41, 5.74) is 4.10. The topological polar surface area (TPSA) is 69.6 Å². The normalized spacial score (nSPS) is 11.2. The Morgan fingerprint density at radius 3 is 2.49 bits per heavy atom. The monoisotopic (exact) mass is 469 g/mol. The Hall–Kier alpha value is -4.26. The first-order valence-corrected chi connectivity index (χ1v) is 11.5. The average Bonchev–Trinajstić information content (AvgIpc) is 3.44. The fourth-order valence-electron chi connectivity index (χ4n) is 4.07. The molecule has 0 fully saturated rings. The summed E-state index contributed by atoms with van der Waals surface area (Å²) in [5, 5.41) is 0. The van der Waals surface area contributed by atoms with Crippen LogP contribution in [0.5, 0.6) is 5.88 Å². The molecule has 3 aromatic heterocycles. The van der Waals surface area contributed by atoms with Crippen LogP contribution in [0.25, 0.3) is 16.9 Å². The van der Waals surface area contributed by atoms with Gasteiger partial charge in [-0.1, -0.05) is 49.4 Å². The molecule has 0 N–H and O–H groups in total. The largest absolute Gasteiger partial charge is 0.466 e. The van der Waals surface area contributed by atoms with Crippen LogP contribution in [0, 0.1) is 5.82 Å². The Balaban J connectivity index is 1.69. The second kappa shape index (κ2) is 9.54. The van der Waals surface area contributed by atoms with Crippen LogP contribution in [0.2, 0.25) is 0 Å². The second-order valence-electron chi connectivity index (χ2n) is 8.29. The van der Waals surface area contributed by atoms with Crippen molar-refractivity contribution in [2.24, 2.45) is 0 Å². The molecule has 6 nitrogen and oxygen atoms in total. The van der Waals surface area contributed by atoms with Gasteiger partial charge < -0.3 is 9.15 Å². The standard InChI is InChI=1S/C28H24FN3O3/c1-3-22-12-13-23(35-22)16-25-28(34-18(2)33)32-17-26(20-9-5-4-6-10-20)30-24(27(32)31-25)15-19-8-7-11-21(29)14-19/h4-14,17H,3,15-16H2,1-2H3. The SMILES string of the molecule is CCc1ccc(Cc2nc3c(Cc4cccc(F)c4)nc(-c4ccccc4)cn3c2OC(C)=O)o1. The summed E-state index contributed by atoms with van der Waals surface area (Å²) in [6.07, 6.45) is 3.31. The molecule has 176 valence electrons. The molecule has 0 unspecified atom stereocenters. The van der Waals surface area contributed by atoms with Crippen molar-refractivity contribution in [3.63, 3.8) is 0 Å². The van der Waals surface area contributed by atoms with Crippen molar-refractivity contribution in [1.29, 1.82) is 0 Å². The number of aryl methyl sites for hydroxylation is 1. The van der Waals surface area contributed by atoms with Gasteiger partial charge in [0.2, 0.25) is 5.88 Å². The minimum absolute atomic E-state index is 0.313. The number of ether oxygens (including phenoxy) is 1. The Bertz CT molecular complexity index is 1500. The third kappa shape index (κ3) is 4.84. The Morgan fingerprint density at radius 1 is 0.971 bits per heavy atom. The molecule has 0 radical (unpaired) electrons. The van der Waals surface area contributed by atoms with E-state index in [1.807, 2.05) is 61.7 Å². The van der Waals surface area contributed by atoms with Crippen LogP contribution in [0.15, 0.2) is 77.3 Å². The van der Waals surface area contributed by atoms with E-state index in [0.717, 1.165) is 29.1 Å². The number of halogens is 1. The van der Waals surface area contributed by atoms with Gasteiger partial charge in [0.25, 0.3) is 0 Å². The second-order valence-corrected chi connectivity index (χ2v) is 8.29. The van der Waals surface area contributed by atoms with Crippen LogP contribution in [0.3, 0.4) is 0 Å². The smallest absolute Gasteiger partial charge is 0.309 e. The summed E-state index contributed by atoms with van der Waals surface area (Å²) in [7, 11) is 0. The van der Waals surface area contributed by atoms with E-state index in [4.69, 9.17) is 19.1 Å². The molecule has 0 amide bonds. The van der Waals surface area contributed by atoms with Crippen LogP contribution in [-0.4, -0.2) is 20.3 Å². The molecule has 0 atom stereocenters. The molecule has 5 aromatic rings. The van der Waals surface area contributed by atoms with Crippen molar-refractivity contribution in [1.82, 2.24) is 14.4 Å². The molecule has 0 aliphatic rings. The number of hydrogen-bond acceptors (Lipinski definition) is 5. The molecule has 0 spiro atoms. The maximum Gasteiger partial charge on any atom is 0.309 e. The van der Waals surface area contributed by atoms with Crippen molar-refractivity contribution in [3.8, 4) is 17.1 Å². The molecule has 0 bridgehead atoms. The summed E-state index contributed by atoms with van der Waals surface area (Å²) in [4.78, 5) is 21.7. The molecular formula is C28H24FN3O3. The molecule has 0 aliphatic heterocycles. The summed E-state index contributed by atoms with van der Waals surface area (Å²) in [6, 6.07) is 20.0. The highest BCUT2D eigenvalue weighted by Gasteiger charge is 2.22. The lowest BCUT2D eigenvalue weighted by molar-refractivity contribution is -0.132. The highest BCUT2D eigenvalue weighted by atomic mass is 19.1. The number of carbonyl (C=O) groups excluding carboxylic acids is 1. The van der Waals surface area contributed by atoms with E-state index in [-0.39, 0.29) is 5.82 Å². The number of aromatic nitrogens is 3. The number of esters is 1. The molecule has 5 rings (SSSR count). The Kier molecular flexibility index (Phi) is 6.14. The molecule has 35 heavy (non-hydrogen) atoms. The van der Waals surface area contributed by atoms with Gasteiger partial charge in [-0.25, -0.2) is 14.4 Å². The molecule has 7 heteroatoms.